The lowest BCUT2D eigenvalue weighted by Gasteiger charge is -2.07. The number of aliphatic carboxylic acids is 1. The molecule has 1 atom stereocenters. The lowest BCUT2D eigenvalue weighted by Crippen LogP contribution is -2.32. The van der Waals surface area contributed by atoms with E-state index in [4.69, 9.17) is 17.4 Å². The van der Waals surface area contributed by atoms with Gasteiger partial charge in [0.05, 0.1) is 6.57 Å². The van der Waals surface area contributed by atoms with Gasteiger partial charge >= 0.3 is 5.97 Å². The van der Waals surface area contributed by atoms with Gasteiger partial charge in [0.25, 0.3) is 0 Å². The maximum absolute atomic E-state index is 10.7. The first-order valence-corrected chi connectivity index (χ1v) is 6.15. The molecule has 2 rings (SSSR count). The summed E-state index contributed by atoms with van der Waals surface area (Å²) in [7, 11) is 0. The van der Waals surface area contributed by atoms with Gasteiger partial charge in [-0.25, -0.2) is 4.85 Å². The smallest absolute Gasteiger partial charge is 0.320 e. The molecule has 0 aliphatic carbocycles. The Morgan fingerprint density at radius 1 is 1.10 bits per heavy atom. The predicted molar refractivity (Wildman–Crippen MR) is 77.5 cm³/mol. The Morgan fingerprint density at radius 2 is 1.60 bits per heavy atom. The van der Waals surface area contributed by atoms with Crippen molar-refractivity contribution < 1.29 is 9.90 Å². The second-order valence-electron chi connectivity index (χ2n) is 4.50. The van der Waals surface area contributed by atoms with Crippen molar-refractivity contribution in [2.75, 3.05) is 0 Å². The quantitative estimate of drug-likeness (QED) is 0.836. The van der Waals surface area contributed by atoms with Crippen LogP contribution in [0.1, 0.15) is 5.56 Å². The third-order valence-electron chi connectivity index (χ3n) is 3.06. The van der Waals surface area contributed by atoms with Crippen molar-refractivity contribution in [2.45, 2.75) is 12.5 Å². The molecule has 0 heterocycles. The molecule has 0 aromatic heterocycles. The van der Waals surface area contributed by atoms with Gasteiger partial charge in [-0.1, -0.05) is 48.5 Å². The molecule has 4 heteroatoms. The van der Waals surface area contributed by atoms with E-state index < -0.39 is 12.0 Å². The van der Waals surface area contributed by atoms with Crippen molar-refractivity contribution in [1.82, 2.24) is 0 Å². The molecule has 0 aliphatic heterocycles. The molecule has 0 fully saturated rings. The topological polar surface area (TPSA) is 67.7 Å². The van der Waals surface area contributed by atoms with Crippen LogP contribution in [0.25, 0.3) is 16.0 Å². The number of carbonyl (C=O) groups is 1. The standard InChI is InChI=1S/C16H14N2O2/c1-18-14-8-6-13(7-9-14)12-4-2-11(3-5-12)10-15(17)16(19)20/h2-9,15H,10,17H2,(H,19,20). The maximum Gasteiger partial charge on any atom is 0.320 e. The lowest BCUT2D eigenvalue weighted by atomic mass is 10.0. The molecule has 0 saturated carbocycles. The summed E-state index contributed by atoms with van der Waals surface area (Å²) in [5, 5.41) is 8.78. The molecule has 0 bridgehead atoms. The van der Waals surface area contributed by atoms with Gasteiger partial charge in [-0.05, 0) is 23.1 Å². The first-order chi connectivity index (χ1) is 9.60. The van der Waals surface area contributed by atoms with Crippen LogP contribution in [-0.2, 0) is 11.2 Å². The summed E-state index contributed by atoms with van der Waals surface area (Å²) in [4.78, 5) is 14.1. The van der Waals surface area contributed by atoms with Crippen molar-refractivity contribution in [3.63, 3.8) is 0 Å². The molecule has 2 aromatic rings. The number of carboxylic acid groups (broad SMARTS) is 1. The Bertz CT molecular complexity index is 640. The molecule has 0 radical (unpaired) electrons. The van der Waals surface area contributed by atoms with E-state index in [1.165, 1.54) is 0 Å². The Hall–Kier alpha value is -2.64. The summed E-state index contributed by atoms with van der Waals surface area (Å²) in [5.41, 5.74) is 9.04. The molecule has 0 spiro atoms. The lowest BCUT2D eigenvalue weighted by molar-refractivity contribution is -0.138. The van der Waals surface area contributed by atoms with E-state index in [1.54, 1.807) is 12.1 Å². The molecule has 0 aliphatic rings. The minimum atomic E-state index is -0.996. The van der Waals surface area contributed by atoms with Crippen LogP contribution in [0.4, 0.5) is 5.69 Å². The highest BCUT2D eigenvalue weighted by molar-refractivity contribution is 5.73. The first-order valence-electron chi connectivity index (χ1n) is 6.15. The summed E-state index contributed by atoms with van der Waals surface area (Å²) in [6.45, 7) is 6.91. The number of carboxylic acids is 1. The van der Waals surface area contributed by atoms with Crippen LogP contribution in [0.2, 0.25) is 0 Å². The molecule has 2 aromatic carbocycles. The minimum absolute atomic E-state index is 0.312. The second-order valence-corrected chi connectivity index (χ2v) is 4.50. The van der Waals surface area contributed by atoms with Gasteiger partial charge in [-0.3, -0.25) is 4.79 Å². The van der Waals surface area contributed by atoms with Crippen molar-refractivity contribution >= 4 is 11.7 Å². The normalized spacial score (nSPS) is 11.6. The number of rotatable bonds is 4. The molecule has 20 heavy (non-hydrogen) atoms. The largest absolute Gasteiger partial charge is 0.480 e. The van der Waals surface area contributed by atoms with Crippen LogP contribution < -0.4 is 5.73 Å². The van der Waals surface area contributed by atoms with Crippen LogP contribution >= 0.6 is 0 Å². The molecular formula is C16H14N2O2. The maximum atomic E-state index is 10.7. The Morgan fingerprint density at radius 3 is 2.05 bits per heavy atom. The molecule has 3 N–H and O–H groups in total. The highest BCUT2D eigenvalue weighted by atomic mass is 16.4. The highest BCUT2D eigenvalue weighted by Crippen LogP contribution is 2.23. The monoisotopic (exact) mass is 266 g/mol. The minimum Gasteiger partial charge on any atom is -0.480 e. The summed E-state index contributed by atoms with van der Waals surface area (Å²) >= 11 is 0. The van der Waals surface area contributed by atoms with E-state index in [2.05, 4.69) is 4.85 Å². The van der Waals surface area contributed by atoms with E-state index in [9.17, 15) is 4.79 Å². The summed E-state index contributed by atoms with van der Waals surface area (Å²) < 4.78 is 0. The zero-order valence-electron chi connectivity index (χ0n) is 10.8. The number of nitrogens with zero attached hydrogens (tertiary/aromatic N) is 1. The number of hydrogen-bond donors (Lipinski definition) is 2. The van der Waals surface area contributed by atoms with E-state index >= 15 is 0 Å². The molecule has 4 nitrogen and oxygen atoms in total. The van der Waals surface area contributed by atoms with E-state index in [0.29, 0.717) is 12.1 Å². The van der Waals surface area contributed by atoms with Crippen LogP contribution in [0.5, 0.6) is 0 Å². The molecule has 1 unspecified atom stereocenters. The zero-order valence-corrected chi connectivity index (χ0v) is 10.8. The van der Waals surface area contributed by atoms with Crippen LogP contribution in [0.3, 0.4) is 0 Å². The fourth-order valence-corrected chi connectivity index (χ4v) is 1.90. The van der Waals surface area contributed by atoms with Crippen molar-refractivity contribution in [2.24, 2.45) is 5.73 Å². The van der Waals surface area contributed by atoms with E-state index in [0.717, 1.165) is 16.7 Å². The van der Waals surface area contributed by atoms with Gasteiger partial charge in [0.1, 0.15) is 6.04 Å². The predicted octanol–water partition coefficient (Wildman–Crippen LogP) is 2.86. The second kappa shape index (κ2) is 6.00. The van der Waals surface area contributed by atoms with Gasteiger partial charge in [0.15, 0.2) is 5.69 Å². The Labute approximate surface area is 117 Å². The first kappa shape index (κ1) is 13.8. The Balaban J connectivity index is 2.15. The van der Waals surface area contributed by atoms with Gasteiger partial charge in [-0.15, -0.1) is 0 Å². The van der Waals surface area contributed by atoms with Gasteiger partial charge in [0, 0.05) is 0 Å². The fraction of sp³-hybridized carbons (Fsp3) is 0.125. The van der Waals surface area contributed by atoms with Crippen LogP contribution in [0, 0.1) is 6.57 Å². The Kier molecular flexibility index (Phi) is 4.14. The number of benzene rings is 2. The van der Waals surface area contributed by atoms with Crippen molar-refractivity contribution in [1.29, 1.82) is 0 Å². The SMILES string of the molecule is [C-]#[N+]c1ccc(-c2ccc(CC(N)C(=O)O)cc2)cc1. The van der Waals surface area contributed by atoms with Gasteiger partial charge in [0.2, 0.25) is 0 Å². The third-order valence-corrected chi connectivity index (χ3v) is 3.06. The molecular weight excluding hydrogens is 252 g/mol. The summed E-state index contributed by atoms with van der Waals surface area (Å²) in [6.07, 6.45) is 0.312. The van der Waals surface area contributed by atoms with Gasteiger partial charge < -0.3 is 10.8 Å². The van der Waals surface area contributed by atoms with E-state index in [-0.39, 0.29) is 0 Å². The average molecular weight is 266 g/mol. The fourth-order valence-electron chi connectivity index (χ4n) is 1.90. The zero-order chi connectivity index (χ0) is 14.5. The van der Waals surface area contributed by atoms with Gasteiger partial charge in [-0.2, -0.15) is 0 Å². The van der Waals surface area contributed by atoms with Crippen molar-refractivity contribution in [3.8, 4) is 11.1 Å². The summed E-state index contributed by atoms with van der Waals surface area (Å²) in [6, 6.07) is 14.1. The number of hydrogen-bond acceptors (Lipinski definition) is 2. The van der Waals surface area contributed by atoms with Crippen molar-refractivity contribution in [3.05, 3.63) is 65.5 Å². The van der Waals surface area contributed by atoms with Crippen LogP contribution in [0.15, 0.2) is 48.5 Å². The third kappa shape index (κ3) is 3.22. The van der Waals surface area contributed by atoms with E-state index in [1.807, 2.05) is 36.4 Å². The summed E-state index contributed by atoms with van der Waals surface area (Å²) in [5.74, 6) is -0.996. The molecule has 0 amide bonds. The molecule has 0 saturated heterocycles. The van der Waals surface area contributed by atoms with Crippen LogP contribution in [-0.4, -0.2) is 17.1 Å². The highest BCUT2D eigenvalue weighted by Gasteiger charge is 2.11. The number of nitrogens with two attached hydrogens (primary N) is 1. The molecule has 100 valence electrons. The average Bonchev–Trinajstić information content (AvgIpc) is 2.48.